The number of aromatic nitrogens is 1. The van der Waals surface area contributed by atoms with Crippen molar-refractivity contribution < 1.29 is 0 Å². The van der Waals surface area contributed by atoms with Crippen molar-refractivity contribution in [3.8, 4) is 30.6 Å². The Hall–Kier alpha value is -7.05. The average Bonchev–Trinajstić information content (AvgIpc) is 3.57. The molecule has 0 saturated heterocycles. The van der Waals surface area contributed by atoms with Crippen LogP contribution in [0.4, 0.5) is 5.69 Å². The lowest BCUT2D eigenvalue weighted by Crippen LogP contribution is -2.42. The van der Waals surface area contributed by atoms with Crippen LogP contribution >= 0.6 is 0 Å². The van der Waals surface area contributed by atoms with Crippen LogP contribution in [0.2, 0.25) is 0 Å². The maximum absolute atomic E-state index is 10.8. The standard InChI is InChI=1S/C49H37N5/c1-4-5-12-33(2)41(27-34-19-23-38(24-20-34)53-43-16-10-7-14-39(43)40-25-21-35(30-50)28-46(40)53)48-37(32-52)13-6-9-18-45(48)54-44-17-11-8-15-42(44)49(3)29-36(31-51)22-26-47(49)54/h1,5,7-23,25-26,28-29,38,47H,6,24,27H2,2-3H3/b12-5-,41-33+. The van der Waals surface area contributed by atoms with E-state index in [1.165, 1.54) is 5.39 Å². The van der Waals surface area contributed by atoms with E-state index in [1.54, 1.807) is 6.08 Å². The summed E-state index contributed by atoms with van der Waals surface area (Å²) in [5, 5.41) is 32.7. The van der Waals surface area contributed by atoms with Gasteiger partial charge in [-0.3, -0.25) is 0 Å². The van der Waals surface area contributed by atoms with Crippen LogP contribution in [0.25, 0.3) is 21.8 Å². The third kappa shape index (κ3) is 5.56. The van der Waals surface area contributed by atoms with Gasteiger partial charge in [0.2, 0.25) is 0 Å². The van der Waals surface area contributed by atoms with Crippen LogP contribution in [0.1, 0.15) is 50.3 Å². The third-order valence-electron chi connectivity index (χ3n) is 11.2. The fourth-order valence-electron chi connectivity index (χ4n) is 8.69. The van der Waals surface area contributed by atoms with Crippen molar-refractivity contribution in [1.29, 1.82) is 15.8 Å². The molecule has 258 valence electrons. The van der Waals surface area contributed by atoms with E-state index in [0.717, 1.165) is 62.1 Å². The monoisotopic (exact) mass is 695 g/mol. The number of allylic oxidation sites excluding steroid dienone is 15. The van der Waals surface area contributed by atoms with Crippen molar-refractivity contribution in [2.75, 3.05) is 4.90 Å². The Morgan fingerprint density at radius 2 is 1.72 bits per heavy atom. The first-order chi connectivity index (χ1) is 26.4. The van der Waals surface area contributed by atoms with Gasteiger partial charge in [-0.25, -0.2) is 0 Å². The van der Waals surface area contributed by atoms with Crippen molar-refractivity contribution >= 4 is 27.5 Å². The second kappa shape index (κ2) is 13.8. The number of rotatable bonds is 6. The molecule has 5 nitrogen and oxygen atoms in total. The van der Waals surface area contributed by atoms with Gasteiger partial charge in [0.1, 0.15) is 0 Å². The summed E-state index contributed by atoms with van der Waals surface area (Å²) in [6, 6.07) is 30.0. The molecule has 8 rings (SSSR count). The van der Waals surface area contributed by atoms with E-state index in [1.807, 2.05) is 30.4 Å². The Morgan fingerprint density at radius 1 is 0.907 bits per heavy atom. The molecule has 0 spiro atoms. The van der Waals surface area contributed by atoms with Gasteiger partial charge in [0.15, 0.2) is 0 Å². The zero-order chi connectivity index (χ0) is 37.4. The highest BCUT2D eigenvalue weighted by Crippen LogP contribution is 2.52. The molecule has 2 heterocycles. The van der Waals surface area contributed by atoms with E-state index in [2.05, 4.69) is 145 Å². The van der Waals surface area contributed by atoms with Gasteiger partial charge in [-0.1, -0.05) is 97.0 Å². The SMILES string of the molecule is C#C/C=C\C(C)=C(/CC1=CCC(n2c3ccccc3c3ccc(C#N)cc32)C=C1)C1=C(N2c3ccccc3C3(C)C=C(C#N)C=CC23)C=CCC=C1C#N. The lowest BCUT2D eigenvalue weighted by Gasteiger charge is -2.37. The molecule has 0 saturated carbocycles. The maximum Gasteiger partial charge on any atom is 0.0995 e. The van der Waals surface area contributed by atoms with E-state index in [9.17, 15) is 15.8 Å². The number of terminal acetylenes is 1. The molecule has 0 N–H and O–H groups in total. The molecule has 5 heteroatoms. The van der Waals surface area contributed by atoms with Crippen molar-refractivity contribution in [3.05, 3.63) is 184 Å². The summed E-state index contributed by atoms with van der Waals surface area (Å²) in [5.41, 5.74) is 10.8. The molecular formula is C49H37N5. The Kier molecular flexibility index (Phi) is 8.72. The Bertz CT molecular complexity index is 2720. The molecule has 4 aromatic rings. The Labute approximate surface area is 316 Å². The minimum absolute atomic E-state index is 0.0633. The van der Waals surface area contributed by atoms with E-state index in [4.69, 9.17) is 6.42 Å². The summed E-state index contributed by atoms with van der Waals surface area (Å²) < 4.78 is 2.35. The minimum Gasteiger partial charge on any atom is -0.333 e. The van der Waals surface area contributed by atoms with Crippen molar-refractivity contribution in [2.24, 2.45) is 0 Å². The van der Waals surface area contributed by atoms with Crippen LogP contribution in [0.3, 0.4) is 0 Å². The number of nitriles is 3. The number of para-hydroxylation sites is 2. The van der Waals surface area contributed by atoms with Gasteiger partial charge < -0.3 is 9.47 Å². The molecule has 4 aliphatic rings. The van der Waals surface area contributed by atoms with Gasteiger partial charge in [0.05, 0.1) is 52.6 Å². The summed E-state index contributed by atoms with van der Waals surface area (Å²) in [4.78, 5) is 2.36. The highest BCUT2D eigenvalue weighted by atomic mass is 15.2. The predicted octanol–water partition coefficient (Wildman–Crippen LogP) is 10.8. The highest BCUT2D eigenvalue weighted by Gasteiger charge is 2.48. The molecule has 1 aliphatic heterocycles. The summed E-state index contributed by atoms with van der Waals surface area (Å²) in [7, 11) is 0. The van der Waals surface area contributed by atoms with Gasteiger partial charge in [0.25, 0.3) is 0 Å². The number of fused-ring (bicyclic) bond motifs is 6. The molecule has 3 aliphatic carbocycles. The Morgan fingerprint density at radius 3 is 2.50 bits per heavy atom. The van der Waals surface area contributed by atoms with E-state index >= 15 is 0 Å². The van der Waals surface area contributed by atoms with Crippen molar-refractivity contribution in [3.63, 3.8) is 0 Å². The summed E-state index contributed by atoms with van der Waals surface area (Å²) in [6.45, 7) is 4.27. The van der Waals surface area contributed by atoms with Crippen LogP contribution in [0.5, 0.6) is 0 Å². The van der Waals surface area contributed by atoms with Crippen LogP contribution in [0.15, 0.2) is 173 Å². The number of hydrogen-bond donors (Lipinski definition) is 0. The van der Waals surface area contributed by atoms with Gasteiger partial charge in [-0.2, -0.15) is 15.8 Å². The van der Waals surface area contributed by atoms with Crippen molar-refractivity contribution in [2.45, 2.75) is 50.6 Å². The Balaban J connectivity index is 1.24. The molecular weight excluding hydrogens is 659 g/mol. The van der Waals surface area contributed by atoms with Gasteiger partial charge in [0, 0.05) is 38.5 Å². The summed E-state index contributed by atoms with van der Waals surface area (Å²) >= 11 is 0. The third-order valence-corrected chi connectivity index (χ3v) is 11.2. The largest absolute Gasteiger partial charge is 0.333 e. The first-order valence-corrected chi connectivity index (χ1v) is 18.2. The average molecular weight is 696 g/mol. The normalized spacial score (nSPS) is 22.0. The summed E-state index contributed by atoms with van der Waals surface area (Å²) in [6.07, 6.45) is 30.6. The van der Waals surface area contributed by atoms with Gasteiger partial charge in [-0.15, -0.1) is 6.42 Å². The van der Waals surface area contributed by atoms with Crippen LogP contribution in [-0.4, -0.2) is 10.6 Å². The molecule has 0 fully saturated rings. The lowest BCUT2D eigenvalue weighted by molar-refractivity contribution is 0.541. The van der Waals surface area contributed by atoms with Crippen LogP contribution < -0.4 is 4.90 Å². The smallest absolute Gasteiger partial charge is 0.0995 e. The highest BCUT2D eigenvalue weighted by molar-refractivity contribution is 6.08. The van der Waals surface area contributed by atoms with E-state index in [-0.39, 0.29) is 12.1 Å². The fraction of sp³-hybridized carbons (Fsp3) is 0.163. The molecule has 0 radical (unpaired) electrons. The van der Waals surface area contributed by atoms with Crippen LogP contribution in [-0.2, 0) is 5.41 Å². The molecule has 3 unspecified atom stereocenters. The fourth-order valence-corrected chi connectivity index (χ4v) is 8.69. The molecule has 3 aromatic carbocycles. The second-order valence-electron chi connectivity index (χ2n) is 14.3. The minimum atomic E-state index is -0.446. The first-order valence-electron chi connectivity index (χ1n) is 18.2. The molecule has 3 atom stereocenters. The molecule has 54 heavy (non-hydrogen) atoms. The van der Waals surface area contributed by atoms with E-state index < -0.39 is 5.41 Å². The molecule has 1 aromatic heterocycles. The number of benzene rings is 3. The van der Waals surface area contributed by atoms with Crippen LogP contribution in [0, 0.1) is 46.3 Å². The molecule has 0 amide bonds. The first kappa shape index (κ1) is 34.1. The predicted molar refractivity (Wildman–Crippen MR) is 218 cm³/mol. The topological polar surface area (TPSA) is 79.5 Å². The number of nitrogens with zero attached hydrogens (tertiary/aromatic N) is 5. The quantitative estimate of drug-likeness (QED) is 0.149. The number of anilines is 1. The zero-order valence-electron chi connectivity index (χ0n) is 30.3. The lowest BCUT2D eigenvalue weighted by atomic mass is 9.74. The van der Waals surface area contributed by atoms with Gasteiger partial charge in [-0.05, 0) is 97.9 Å². The number of hydrogen-bond acceptors (Lipinski definition) is 4. The maximum atomic E-state index is 10.8. The second-order valence-corrected chi connectivity index (χ2v) is 14.3. The van der Waals surface area contributed by atoms with Gasteiger partial charge >= 0.3 is 0 Å². The summed E-state index contributed by atoms with van der Waals surface area (Å²) in [5.74, 6) is 2.66. The molecule has 0 bridgehead atoms. The van der Waals surface area contributed by atoms with E-state index in [0.29, 0.717) is 29.6 Å². The zero-order valence-corrected chi connectivity index (χ0v) is 30.3. The van der Waals surface area contributed by atoms with Crippen molar-refractivity contribution in [1.82, 2.24) is 4.57 Å².